The first kappa shape index (κ1) is 47.4. The smallest absolute Gasteiger partial charge is 0.503 e. The van der Waals surface area contributed by atoms with Crippen molar-refractivity contribution >= 4 is 43.6 Å². The summed E-state index contributed by atoms with van der Waals surface area (Å²) in [5, 5.41) is 4.77. The van der Waals surface area contributed by atoms with Gasteiger partial charge in [0.2, 0.25) is 0 Å². The van der Waals surface area contributed by atoms with Crippen molar-refractivity contribution in [2.24, 2.45) is 0 Å². The Kier molecular flexibility index (Phi) is 11.1. The van der Waals surface area contributed by atoms with E-state index in [1.165, 1.54) is 33.0 Å². The molecular formula is C64H62N4OPt. The van der Waals surface area contributed by atoms with Crippen LogP contribution in [0.25, 0.3) is 77.6 Å². The summed E-state index contributed by atoms with van der Waals surface area (Å²) in [5.74, 6) is 2.86. The maximum atomic E-state index is 7.00. The minimum absolute atomic E-state index is 0. The molecule has 0 saturated carbocycles. The van der Waals surface area contributed by atoms with Crippen molar-refractivity contribution in [1.29, 1.82) is 0 Å². The first-order valence-electron chi connectivity index (χ1n) is 24.5. The number of fused-ring (bicyclic) bond motifs is 5. The quantitative estimate of drug-likeness (QED) is 0.156. The fraction of sp³-hybridized carbons (Fsp3) is 0.281. The van der Waals surface area contributed by atoms with Gasteiger partial charge in [-0.1, -0.05) is 180 Å². The first-order valence-corrected chi connectivity index (χ1v) is 24.5. The van der Waals surface area contributed by atoms with E-state index in [-0.39, 0.29) is 48.1 Å². The van der Waals surface area contributed by atoms with Gasteiger partial charge in [-0.3, -0.25) is 4.98 Å². The van der Waals surface area contributed by atoms with Gasteiger partial charge in [-0.15, -0.1) is 34.7 Å². The molecule has 0 atom stereocenters. The summed E-state index contributed by atoms with van der Waals surface area (Å²) in [6, 6.07) is 56.0. The second-order valence-corrected chi connectivity index (χ2v) is 23.5. The number of hydrogen-bond acceptors (Lipinski definition) is 3. The van der Waals surface area contributed by atoms with Crippen molar-refractivity contribution in [3.63, 3.8) is 0 Å². The molecular weight excluding hydrogens is 1040 g/mol. The fourth-order valence-electron chi connectivity index (χ4n) is 10.6. The molecule has 6 heteroatoms. The Morgan fingerprint density at radius 1 is 0.543 bits per heavy atom. The van der Waals surface area contributed by atoms with E-state index in [0.717, 1.165) is 72.4 Å². The van der Waals surface area contributed by atoms with E-state index < -0.39 is 0 Å². The summed E-state index contributed by atoms with van der Waals surface area (Å²) < 4.78 is 11.6. The van der Waals surface area contributed by atoms with E-state index in [0.29, 0.717) is 11.5 Å². The molecule has 0 radical (unpaired) electrons. The number of benzene rings is 7. The molecule has 0 spiro atoms. The number of hydrogen-bond donors (Lipinski definition) is 0. The third kappa shape index (κ3) is 7.54. The average Bonchev–Trinajstić information content (AvgIpc) is 3.90. The predicted molar refractivity (Wildman–Crippen MR) is 288 cm³/mol. The van der Waals surface area contributed by atoms with Gasteiger partial charge in [0, 0.05) is 39.8 Å². The largest absolute Gasteiger partial charge is 2.00 e. The number of nitrogens with zero attached hydrogens (tertiary/aromatic N) is 4. The molecule has 0 bridgehead atoms. The summed E-state index contributed by atoms with van der Waals surface area (Å²) in [6.07, 6.45) is 1.91. The van der Waals surface area contributed by atoms with Gasteiger partial charge in [0.25, 0.3) is 0 Å². The zero-order valence-corrected chi connectivity index (χ0v) is 45.1. The van der Waals surface area contributed by atoms with Gasteiger partial charge in [-0.2, -0.15) is 6.07 Å². The molecule has 11 rings (SSSR count). The van der Waals surface area contributed by atoms with Crippen molar-refractivity contribution in [1.82, 2.24) is 19.1 Å². The maximum Gasteiger partial charge on any atom is 2.00 e. The summed E-state index contributed by atoms with van der Waals surface area (Å²) in [5.41, 5.74) is 14.1. The van der Waals surface area contributed by atoms with E-state index in [2.05, 4.69) is 239 Å². The van der Waals surface area contributed by atoms with E-state index in [4.69, 9.17) is 14.7 Å². The Labute approximate surface area is 428 Å². The van der Waals surface area contributed by atoms with Gasteiger partial charge in [0.05, 0.1) is 16.9 Å². The number of ether oxygens (including phenoxy) is 1. The van der Waals surface area contributed by atoms with Crippen LogP contribution in [0, 0.1) is 12.1 Å². The van der Waals surface area contributed by atoms with Crippen LogP contribution in [0.3, 0.4) is 0 Å². The van der Waals surface area contributed by atoms with Crippen molar-refractivity contribution in [3.05, 3.63) is 180 Å². The number of pyridine rings is 1. The molecule has 7 aromatic carbocycles. The molecule has 10 aromatic rings. The summed E-state index contributed by atoms with van der Waals surface area (Å²) in [7, 11) is 0. The second-order valence-electron chi connectivity index (χ2n) is 23.5. The Morgan fingerprint density at radius 3 is 1.94 bits per heavy atom. The standard InChI is InChI=1S/C64H62N4O.Pt/c1-60(2,3)41-26-29-54(49(35-41)39-20-15-14-16-21-39)68-58-48-23-19-24-50-57(48)51(64(12,13)63(50,10)11)38-52(58)66-59(68)40-32-43(62(7,8)9)34-45(33-40)69-44-27-28-47-46-22-17-18-25-53(46)67(55(47)37-44)56-36-42(30-31-65-56)61(4,5)6;/h14-32,34-36,38H,1-13H3;/q-2;+2. The van der Waals surface area contributed by atoms with Gasteiger partial charge in [-0.25, -0.2) is 4.98 Å². The topological polar surface area (TPSA) is 44.9 Å². The Hall–Kier alpha value is -6.29. The normalized spacial score (nSPS) is 14.5. The molecule has 0 N–H and O–H groups in total. The Balaban J connectivity index is 0.00000567. The van der Waals surface area contributed by atoms with Crippen molar-refractivity contribution in [2.45, 2.75) is 117 Å². The summed E-state index contributed by atoms with van der Waals surface area (Å²) in [4.78, 5) is 10.6. The molecule has 354 valence electrons. The predicted octanol–water partition coefficient (Wildman–Crippen LogP) is 16.9. The summed E-state index contributed by atoms with van der Waals surface area (Å²) >= 11 is 0. The minimum atomic E-state index is -0.225. The molecule has 0 aliphatic heterocycles. The van der Waals surface area contributed by atoms with Crippen LogP contribution in [0.1, 0.15) is 118 Å². The van der Waals surface area contributed by atoms with Crippen LogP contribution >= 0.6 is 0 Å². The van der Waals surface area contributed by atoms with Crippen LogP contribution < -0.4 is 4.74 Å². The van der Waals surface area contributed by atoms with E-state index in [1.807, 2.05) is 12.3 Å². The van der Waals surface area contributed by atoms with Gasteiger partial charge in [-0.05, 0) is 102 Å². The van der Waals surface area contributed by atoms with E-state index in [1.54, 1.807) is 0 Å². The number of aromatic nitrogens is 4. The minimum Gasteiger partial charge on any atom is -0.503 e. The fourth-order valence-corrected chi connectivity index (χ4v) is 10.6. The van der Waals surface area contributed by atoms with Gasteiger partial charge in [0.1, 0.15) is 5.82 Å². The molecule has 0 saturated heterocycles. The molecule has 0 unspecified atom stereocenters. The van der Waals surface area contributed by atoms with Crippen LogP contribution in [-0.2, 0) is 48.1 Å². The molecule has 70 heavy (non-hydrogen) atoms. The third-order valence-electron chi connectivity index (χ3n) is 15.4. The summed E-state index contributed by atoms with van der Waals surface area (Å²) in [6.45, 7) is 29.9. The van der Waals surface area contributed by atoms with Gasteiger partial charge in [0.15, 0.2) is 0 Å². The van der Waals surface area contributed by atoms with Crippen LogP contribution in [0.15, 0.2) is 140 Å². The molecule has 1 aliphatic rings. The monoisotopic (exact) mass is 1100 g/mol. The van der Waals surface area contributed by atoms with Gasteiger partial charge >= 0.3 is 21.1 Å². The Morgan fingerprint density at radius 2 is 1.21 bits per heavy atom. The number of imidazole rings is 1. The van der Waals surface area contributed by atoms with Crippen LogP contribution in [0.5, 0.6) is 11.5 Å². The third-order valence-corrected chi connectivity index (χ3v) is 15.4. The molecule has 3 aromatic heterocycles. The van der Waals surface area contributed by atoms with Crippen LogP contribution in [-0.4, -0.2) is 19.1 Å². The molecule has 1 aliphatic carbocycles. The zero-order chi connectivity index (χ0) is 48.6. The maximum absolute atomic E-state index is 7.00. The van der Waals surface area contributed by atoms with Crippen molar-refractivity contribution in [2.75, 3.05) is 0 Å². The molecule has 3 heterocycles. The number of para-hydroxylation sites is 1. The molecule has 5 nitrogen and oxygen atoms in total. The molecule has 0 fully saturated rings. The zero-order valence-electron chi connectivity index (χ0n) is 42.8. The van der Waals surface area contributed by atoms with Crippen LogP contribution in [0.4, 0.5) is 0 Å². The average molecular weight is 1100 g/mol. The molecule has 0 amide bonds. The van der Waals surface area contributed by atoms with E-state index in [9.17, 15) is 0 Å². The van der Waals surface area contributed by atoms with Crippen LogP contribution in [0.2, 0.25) is 0 Å². The first-order chi connectivity index (χ1) is 32.6. The number of rotatable bonds is 6. The SMILES string of the molecule is CC(C)(C)c1cc(Oc2[c-]c3c(cc2)c2ccccc2n3-c2cc(C(C)(C)C)ccn2)[c-]c(-c2nc3cc4c5c(cccc5c3n2-c2ccc(C(C)(C)C)cc2-c2ccccc2)C(C)(C)C4(C)C)c1.[Pt+2]. The van der Waals surface area contributed by atoms with Crippen molar-refractivity contribution in [3.8, 4) is 45.5 Å². The Bertz CT molecular complexity index is 3700. The van der Waals surface area contributed by atoms with Crippen molar-refractivity contribution < 1.29 is 25.8 Å². The second kappa shape index (κ2) is 16.4. The van der Waals surface area contributed by atoms with E-state index >= 15 is 0 Å². The van der Waals surface area contributed by atoms with Gasteiger partial charge < -0.3 is 13.9 Å².